The number of H-pyrrole nitrogens is 1. The quantitative estimate of drug-likeness (QED) is 0.578. The summed E-state index contributed by atoms with van der Waals surface area (Å²) in [6.45, 7) is -1.30. The minimum atomic E-state index is -4.15. The second-order valence-electron chi connectivity index (χ2n) is 4.85. The number of hydrogen-bond acceptors (Lipinski definition) is 4. The number of aromatic nitrogens is 1. The number of thiophene rings is 1. The van der Waals surface area contributed by atoms with Crippen molar-refractivity contribution < 1.29 is 26.3 Å². The fraction of sp³-hybridized carbons (Fsp3) is 0.143. The van der Waals surface area contributed by atoms with Crippen molar-refractivity contribution in [1.29, 1.82) is 0 Å². The summed E-state index contributed by atoms with van der Waals surface area (Å²) in [6, 6.07) is 3.02. The first-order valence-corrected chi connectivity index (χ1v) is 9.88. The van der Waals surface area contributed by atoms with Crippen molar-refractivity contribution in [2.24, 2.45) is 0 Å². The fourth-order valence-electron chi connectivity index (χ4n) is 2.13. The highest BCUT2D eigenvalue weighted by Crippen LogP contribution is 2.35. The molecule has 0 unspecified atom stereocenters. The first-order valence-electron chi connectivity index (χ1n) is 6.79. The molecule has 11 heteroatoms. The summed E-state index contributed by atoms with van der Waals surface area (Å²) in [5.41, 5.74) is 0.0222. The zero-order chi connectivity index (χ0) is 18.2. The Labute approximate surface area is 153 Å². The number of sulfonamides is 1. The average molecular weight is 455 g/mol. The second-order valence-corrected chi connectivity index (χ2v) is 8.93. The van der Waals surface area contributed by atoms with Crippen LogP contribution >= 0.6 is 27.3 Å². The van der Waals surface area contributed by atoms with E-state index in [4.69, 9.17) is 4.74 Å². The Bertz CT molecular complexity index is 1030. The van der Waals surface area contributed by atoms with Gasteiger partial charge < -0.3 is 9.72 Å². The Hall–Kier alpha value is -1.72. The molecule has 0 saturated carbocycles. The highest BCUT2D eigenvalue weighted by atomic mass is 79.9. The molecule has 3 rings (SSSR count). The van der Waals surface area contributed by atoms with Gasteiger partial charge in [0, 0.05) is 18.3 Å². The monoisotopic (exact) mass is 454 g/mol. The van der Waals surface area contributed by atoms with Crippen LogP contribution in [-0.4, -0.2) is 26.7 Å². The number of hydrogen-bond donors (Lipinski definition) is 2. The van der Waals surface area contributed by atoms with Gasteiger partial charge in [-0.2, -0.15) is 0 Å². The minimum absolute atomic E-state index is 0.0873. The van der Waals surface area contributed by atoms with E-state index in [1.165, 1.54) is 17.5 Å². The van der Waals surface area contributed by atoms with Crippen LogP contribution in [0.2, 0.25) is 0 Å². The van der Waals surface area contributed by atoms with Gasteiger partial charge in [-0.1, -0.05) is 0 Å². The van der Waals surface area contributed by atoms with Gasteiger partial charge in [0.2, 0.25) is 0 Å². The highest BCUT2D eigenvalue weighted by Gasteiger charge is 2.23. The summed E-state index contributed by atoms with van der Waals surface area (Å²) in [7, 11) is -4.15. The first kappa shape index (κ1) is 18.1. The van der Waals surface area contributed by atoms with Crippen molar-refractivity contribution in [1.82, 2.24) is 4.98 Å². The largest absolute Gasteiger partial charge is 0.488 e. The minimum Gasteiger partial charge on any atom is -0.488 e. The third kappa shape index (κ3) is 3.62. The molecule has 134 valence electrons. The number of nitrogens with one attached hydrogen (secondary N) is 2. The van der Waals surface area contributed by atoms with Crippen molar-refractivity contribution in [2.45, 2.75) is 4.90 Å². The van der Waals surface area contributed by atoms with E-state index in [2.05, 4.69) is 20.9 Å². The maximum absolute atomic E-state index is 14.1. The molecule has 0 aliphatic heterocycles. The first-order chi connectivity index (χ1) is 11.8. The second kappa shape index (κ2) is 6.89. The van der Waals surface area contributed by atoms with Crippen LogP contribution in [-0.2, 0) is 10.0 Å². The Balaban J connectivity index is 1.94. The zero-order valence-electron chi connectivity index (χ0n) is 12.3. The van der Waals surface area contributed by atoms with Crippen LogP contribution < -0.4 is 9.46 Å². The van der Waals surface area contributed by atoms with Gasteiger partial charge in [0.1, 0.15) is 18.2 Å². The van der Waals surface area contributed by atoms with Gasteiger partial charge in [0.25, 0.3) is 10.0 Å². The van der Waals surface area contributed by atoms with E-state index in [1.807, 2.05) is 4.72 Å². The molecule has 3 aromatic rings. The van der Waals surface area contributed by atoms with E-state index < -0.39 is 46.4 Å². The molecular weight excluding hydrogens is 445 g/mol. The standard InChI is InChI=1S/C14H10BrF3N2O3S2/c15-13-5-10-14(24-13)12(6-19-10)25(21,22)20-9-3-8(18)11(4-7(9)17)23-2-1-16/h3-6,19-20H,1-2H2. The molecule has 25 heavy (non-hydrogen) atoms. The van der Waals surface area contributed by atoms with Crippen molar-refractivity contribution in [2.75, 3.05) is 18.0 Å². The Morgan fingerprint density at radius 2 is 2.00 bits per heavy atom. The van der Waals surface area contributed by atoms with Crippen LogP contribution in [0.3, 0.4) is 0 Å². The van der Waals surface area contributed by atoms with Gasteiger partial charge >= 0.3 is 0 Å². The molecular formula is C14H10BrF3N2O3S2. The molecule has 0 radical (unpaired) electrons. The van der Waals surface area contributed by atoms with Gasteiger partial charge in [-0.3, -0.25) is 4.72 Å². The Morgan fingerprint density at radius 1 is 1.24 bits per heavy atom. The van der Waals surface area contributed by atoms with E-state index in [-0.39, 0.29) is 4.90 Å². The highest BCUT2D eigenvalue weighted by molar-refractivity contribution is 9.11. The third-order valence-corrected chi connectivity index (χ3v) is 6.36. The number of fused-ring (bicyclic) bond motifs is 1. The third-order valence-electron chi connectivity index (χ3n) is 3.17. The van der Waals surface area contributed by atoms with Gasteiger partial charge in [-0.15, -0.1) is 11.3 Å². The predicted octanol–water partition coefficient (Wildman–Crippen LogP) is 4.42. The van der Waals surface area contributed by atoms with Crippen molar-refractivity contribution in [3.8, 4) is 5.75 Å². The molecule has 2 heterocycles. The van der Waals surface area contributed by atoms with Gasteiger partial charge in [-0.05, 0) is 22.0 Å². The smallest absolute Gasteiger partial charge is 0.264 e. The van der Waals surface area contributed by atoms with E-state index >= 15 is 0 Å². The topological polar surface area (TPSA) is 71.2 Å². The van der Waals surface area contributed by atoms with Crippen molar-refractivity contribution in [3.05, 3.63) is 39.8 Å². The fourth-order valence-corrected chi connectivity index (χ4v) is 5.18. The predicted molar refractivity (Wildman–Crippen MR) is 92.5 cm³/mol. The summed E-state index contributed by atoms with van der Waals surface area (Å²) in [5, 5.41) is 0. The number of aromatic amines is 1. The molecule has 0 spiro atoms. The van der Waals surface area contributed by atoms with E-state index in [0.717, 1.165) is 3.79 Å². The number of halogens is 4. The average Bonchev–Trinajstić information content (AvgIpc) is 3.07. The summed E-state index contributed by atoms with van der Waals surface area (Å²) in [5.74, 6) is -2.55. The molecule has 2 aromatic heterocycles. The van der Waals surface area contributed by atoms with Gasteiger partial charge in [-0.25, -0.2) is 21.6 Å². The zero-order valence-corrected chi connectivity index (χ0v) is 15.5. The van der Waals surface area contributed by atoms with Crippen LogP contribution in [0, 0.1) is 11.6 Å². The molecule has 2 N–H and O–H groups in total. The lowest BCUT2D eigenvalue weighted by molar-refractivity contribution is 0.261. The van der Waals surface area contributed by atoms with Crippen LogP contribution in [0.4, 0.5) is 18.9 Å². The summed E-state index contributed by atoms with van der Waals surface area (Å²) in [4.78, 5) is 2.71. The molecule has 5 nitrogen and oxygen atoms in total. The summed E-state index contributed by atoms with van der Waals surface area (Å²) in [6.07, 6.45) is 1.27. The summed E-state index contributed by atoms with van der Waals surface area (Å²) < 4.78 is 72.9. The summed E-state index contributed by atoms with van der Waals surface area (Å²) >= 11 is 4.44. The number of benzene rings is 1. The van der Waals surface area contributed by atoms with Crippen LogP contribution in [0.25, 0.3) is 10.2 Å². The number of anilines is 1. The van der Waals surface area contributed by atoms with Crippen LogP contribution in [0.15, 0.2) is 33.1 Å². The van der Waals surface area contributed by atoms with Crippen molar-refractivity contribution in [3.63, 3.8) is 0 Å². The number of rotatable bonds is 6. The van der Waals surface area contributed by atoms with Crippen molar-refractivity contribution >= 4 is 53.2 Å². The lowest BCUT2D eigenvalue weighted by Crippen LogP contribution is -2.14. The van der Waals surface area contributed by atoms with Gasteiger partial charge in [0.05, 0.1) is 19.7 Å². The van der Waals surface area contributed by atoms with Crippen LogP contribution in [0.5, 0.6) is 5.75 Å². The van der Waals surface area contributed by atoms with E-state index in [1.54, 1.807) is 6.07 Å². The maximum Gasteiger partial charge on any atom is 0.264 e. The SMILES string of the molecule is O=S(=O)(Nc1cc(F)c(OCCF)cc1F)c1c[nH]c2cc(Br)sc12. The lowest BCUT2D eigenvalue weighted by Gasteiger charge is -2.11. The normalized spacial score (nSPS) is 11.8. The molecule has 0 bridgehead atoms. The van der Waals surface area contributed by atoms with Gasteiger partial charge in [0.15, 0.2) is 17.4 Å². The van der Waals surface area contributed by atoms with E-state index in [9.17, 15) is 21.6 Å². The maximum atomic E-state index is 14.1. The molecule has 1 aromatic carbocycles. The van der Waals surface area contributed by atoms with Crippen LogP contribution in [0.1, 0.15) is 0 Å². The Morgan fingerprint density at radius 3 is 2.72 bits per heavy atom. The molecule has 0 atom stereocenters. The molecule has 0 amide bonds. The van der Waals surface area contributed by atoms with E-state index in [0.29, 0.717) is 22.3 Å². The molecule has 0 aliphatic carbocycles. The lowest BCUT2D eigenvalue weighted by atomic mass is 10.3. The molecule has 0 fully saturated rings. The molecule has 0 saturated heterocycles. The number of alkyl halides is 1. The number of ether oxygens (including phenoxy) is 1. The Kier molecular flexibility index (Phi) is 4.98. The molecule has 0 aliphatic rings.